The number of benzene rings is 1. The van der Waals surface area contributed by atoms with E-state index >= 15 is 0 Å². The second kappa shape index (κ2) is 13.0. The van der Waals surface area contributed by atoms with Crippen LogP contribution in [0.5, 0.6) is 5.75 Å². The van der Waals surface area contributed by atoms with Gasteiger partial charge in [0.15, 0.2) is 6.61 Å². The van der Waals surface area contributed by atoms with Gasteiger partial charge in [0.1, 0.15) is 5.75 Å². The molecule has 3 rings (SSSR count). The van der Waals surface area contributed by atoms with E-state index in [-0.39, 0.29) is 35.3 Å². The molecule has 7 nitrogen and oxygen atoms in total. The number of hydrogen-bond donors (Lipinski definition) is 1. The SMILES string of the molecule is O=C1OCCC/C=C/CC/C=C/C(=N/OCC(=O)N2CCCCC2)Cc2c1ccc(O)c2Cl. The minimum absolute atomic E-state index is 0.0703. The van der Waals surface area contributed by atoms with Crippen LogP contribution in [-0.4, -0.2) is 53.9 Å². The van der Waals surface area contributed by atoms with Crippen LogP contribution < -0.4 is 0 Å². The number of fused-ring (bicyclic) bond motifs is 1. The van der Waals surface area contributed by atoms with Gasteiger partial charge < -0.3 is 19.6 Å². The monoisotopic (exact) mass is 474 g/mol. The number of ether oxygens (including phenoxy) is 1. The molecule has 0 radical (unpaired) electrons. The smallest absolute Gasteiger partial charge is 0.338 e. The van der Waals surface area contributed by atoms with Crippen molar-refractivity contribution >= 4 is 29.2 Å². The maximum Gasteiger partial charge on any atom is 0.338 e. The topological polar surface area (TPSA) is 88.4 Å². The highest BCUT2D eigenvalue weighted by atomic mass is 35.5. The van der Waals surface area contributed by atoms with Gasteiger partial charge in [-0.05, 0) is 68.7 Å². The zero-order valence-electron chi connectivity index (χ0n) is 18.8. The molecule has 1 amide bonds. The van der Waals surface area contributed by atoms with Crippen LogP contribution >= 0.6 is 11.6 Å². The number of carbonyl (C=O) groups excluding carboxylic acids is 2. The summed E-state index contributed by atoms with van der Waals surface area (Å²) in [6.07, 6.45) is 14.5. The second-order valence-electron chi connectivity index (χ2n) is 8.13. The summed E-state index contributed by atoms with van der Waals surface area (Å²) in [6.45, 7) is 1.64. The van der Waals surface area contributed by atoms with Gasteiger partial charge in [-0.15, -0.1) is 0 Å². The Morgan fingerprint density at radius 1 is 1.09 bits per heavy atom. The van der Waals surface area contributed by atoms with Crippen molar-refractivity contribution in [2.75, 3.05) is 26.3 Å². The molecule has 1 fully saturated rings. The van der Waals surface area contributed by atoms with Crippen LogP contribution in [-0.2, 0) is 20.8 Å². The Morgan fingerprint density at radius 2 is 1.85 bits per heavy atom. The van der Waals surface area contributed by atoms with Crippen LogP contribution in [0.3, 0.4) is 0 Å². The van der Waals surface area contributed by atoms with Crippen LogP contribution in [0.15, 0.2) is 41.6 Å². The Labute approximate surface area is 199 Å². The summed E-state index contributed by atoms with van der Waals surface area (Å²) >= 11 is 6.36. The summed E-state index contributed by atoms with van der Waals surface area (Å²) in [6, 6.07) is 2.87. The van der Waals surface area contributed by atoms with Crippen LogP contribution in [0.2, 0.25) is 5.02 Å². The maximum atomic E-state index is 12.7. The number of phenolic OH excluding ortho intramolecular Hbond substituents is 1. The van der Waals surface area contributed by atoms with Crippen molar-refractivity contribution in [2.24, 2.45) is 5.16 Å². The van der Waals surface area contributed by atoms with Gasteiger partial charge in [0.05, 0.1) is 22.9 Å². The highest BCUT2D eigenvalue weighted by molar-refractivity contribution is 6.33. The lowest BCUT2D eigenvalue weighted by molar-refractivity contribution is -0.137. The number of rotatable bonds is 3. The summed E-state index contributed by atoms with van der Waals surface area (Å²) in [5, 5.41) is 14.4. The van der Waals surface area contributed by atoms with E-state index in [9.17, 15) is 14.7 Å². The van der Waals surface area contributed by atoms with Crippen molar-refractivity contribution in [2.45, 2.75) is 51.4 Å². The number of cyclic esters (lactones) is 1. The van der Waals surface area contributed by atoms with Gasteiger partial charge in [-0.25, -0.2) is 4.79 Å². The van der Waals surface area contributed by atoms with E-state index in [4.69, 9.17) is 21.2 Å². The lowest BCUT2D eigenvalue weighted by Gasteiger charge is -2.26. The predicted molar refractivity (Wildman–Crippen MR) is 128 cm³/mol. The van der Waals surface area contributed by atoms with Crippen molar-refractivity contribution in [3.63, 3.8) is 0 Å². The molecule has 1 N–H and O–H groups in total. The second-order valence-corrected chi connectivity index (χ2v) is 8.51. The number of nitrogens with zero attached hydrogens (tertiary/aromatic N) is 2. The van der Waals surface area contributed by atoms with Crippen molar-refractivity contribution in [1.29, 1.82) is 0 Å². The molecule has 8 heteroatoms. The molecule has 0 aromatic heterocycles. The molecule has 2 aliphatic heterocycles. The Bertz CT molecular complexity index is 920. The molecule has 2 heterocycles. The molecule has 33 heavy (non-hydrogen) atoms. The molecule has 0 aliphatic carbocycles. The van der Waals surface area contributed by atoms with Gasteiger partial charge in [-0.2, -0.15) is 0 Å². The molecular weight excluding hydrogens is 444 g/mol. The number of likely N-dealkylation sites (tertiary alicyclic amines) is 1. The largest absolute Gasteiger partial charge is 0.506 e. The number of phenols is 1. The van der Waals surface area contributed by atoms with E-state index in [1.165, 1.54) is 12.1 Å². The molecule has 0 spiro atoms. The highest BCUT2D eigenvalue weighted by Crippen LogP contribution is 2.31. The normalized spacial score (nSPS) is 21.3. The number of allylic oxidation sites excluding steroid dienone is 4. The molecule has 1 aromatic carbocycles. The van der Waals surface area contributed by atoms with E-state index in [0.717, 1.165) is 58.0 Å². The third kappa shape index (κ3) is 7.63. The van der Waals surface area contributed by atoms with Crippen LogP contribution in [0.25, 0.3) is 0 Å². The van der Waals surface area contributed by atoms with E-state index in [2.05, 4.69) is 17.3 Å². The van der Waals surface area contributed by atoms with Crippen molar-refractivity contribution < 1.29 is 24.3 Å². The van der Waals surface area contributed by atoms with Gasteiger partial charge in [-0.1, -0.05) is 35.0 Å². The van der Waals surface area contributed by atoms with E-state index < -0.39 is 5.97 Å². The lowest BCUT2D eigenvalue weighted by Crippen LogP contribution is -2.37. The summed E-state index contributed by atoms with van der Waals surface area (Å²) in [7, 11) is 0. The number of hydrogen-bond acceptors (Lipinski definition) is 6. The van der Waals surface area contributed by atoms with Gasteiger partial charge >= 0.3 is 5.97 Å². The van der Waals surface area contributed by atoms with Gasteiger partial charge in [-0.3, -0.25) is 4.79 Å². The van der Waals surface area contributed by atoms with Gasteiger partial charge in [0.2, 0.25) is 0 Å². The average Bonchev–Trinajstić information content (AvgIpc) is 2.83. The van der Waals surface area contributed by atoms with Crippen molar-refractivity contribution in [3.8, 4) is 5.75 Å². The lowest BCUT2D eigenvalue weighted by atomic mass is 10.0. The molecule has 0 bridgehead atoms. The quantitative estimate of drug-likeness (QED) is 0.385. The molecular formula is C25H31ClN2O5. The fourth-order valence-corrected chi connectivity index (χ4v) is 4.00. The summed E-state index contributed by atoms with van der Waals surface area (Å²) in [5.41, 5.74) is 1.17. The maximum absolute atomic E-state index is 12.7. The van der Waals surface area contributed by atoms with Crippen LogP contribution in [0, 0.1) is 0 Å². The Kier molecular flexibility index (Phi) is 9.81. The first-order valence-corrected chi connectivity index (χ1v) is 11.9. The Hall–Kier alpha value is -2.80. The fourth-order valence-electron chi connectivity index (χ4n) is 3.77. The summed E-state index contributed by atoms with van der Waals surface area (Å²) in [5.74, 6) is -0.727. The van der Waals surface area contributed by atoms with Gasteiger partial charge in [0.25, 0.3) is 5.91 Å². The van der Waals surface area contributed by atoms with Crippen molar-refractivity contribution in [3.05, 3.63) is 52.6 Å². The Balaban J connectivity index is 1.81. The Morgan fingerprint density at radius 3 is 2.67 bits per heavy atom. The number of amides is 1. The average molecular weight is 475 g/mol. The minimum Gasteiger partial charge on any atom is -0.506 e. The first-order chi connectivity index (χ1) is 16.1. The predicted octanol–water partition coefficient (Wildman–Crippen LogP) is 4.82. The molecule has 2 aliphatic rings. The van der Waals surface area contributed by atoms with E-state index in [0.29, 0.717) is 17.9 Å². The molecule has 1 aromatic rings. The molecule has 0 atom stereocenters. The molecule has 0 unspecified atom stereocenters. The third-order valence-corrected chi connectivity index (χ3v) is 6.03. The fraction of sp³-hybridized carbons (Fsp3) is 0.480. The van der Waals surface area contributed by atoms with Crippen LogP contribution in [0.1, 0.15) is 60.9 Å². The zero-order valence-corrected chi connectivity index (χ0v) is 19.6. The third-order valence-electron chi connectivity index (χ3n) is 5.60. The number of carbonyl (C=O) groups is 2. The van der Waals surface area contributed by atoms with Gasteiger partial charge in [0, 0.05) is 19.5 Å². The van der Waals surface area contributed by atoms with E-state index in [1.807, 2.05) is 6.08 Å². The number of halogens is 1. The number of oxime groups is 1. The number of aromatic hydroxyl groups is 1. The first-order valence-electron chi connectivity index (χ1n) is 11.5. The highest BCUT2D eigenvalue weighted by Gasteiger charge is 2.20. The number of piperidine rings is 1. The summed E-state index contributed by atoms with van der Waals surface area (Å²) < 4.78 is 5.40. The van der Waals surface area contributed by atoms with Crippen LogP contribution in [0.4, 0.5) is 0 Å². The van der Waals surface area contributed by atoms with E-state index in [1.54, 1.807) is 11.0 Å². The number of esters is 1. The first kappa shape index (κ1) is 24.8. The molecule has 178 valence electrons. The molecule has 1 saturated heterocycles. The molecule has 0 saturated carbocycles. The minimum atomic E-state index is -0.504. The zero-order chi connectivity index (χ0) is 23.5. The summed E-state index contributed by atoms with van der Waals surface area (Å²) in [4.78, 5) is 32.2. The van der Waals surface area contributed by atoms with Crippen molar-refractivity contribution in [1.82, 2.24) is 4.90 Å². The standard InChI is InChI=1S/C25H31ClN2O5/c26-24-21-17-19(27-33-18-23(30)28-14-8-6-9-15-28)11-7-4-2-1-3-5-10-16-32-25(31)20(21)12-13-22(24)29/h1,3,7,11-13,29H,2,4-6,8-10,14-18H2/b3-1+,11-7+,27-19-.